The van der Waals surface area contributed by atoms with Crippen LogP contribution in [0.25, 0.3) is 11.1 Å². The van der Waals surface area contributed by atoms with E-state index in [0.717, 1.165) is 18.2 Å². The van der Waals surface area contributed by atoms with Crippen LogP contribution in [0.4, 0.5) is 13.2 Å². The fourth-order valence-corrected chi connectivity index (χ4v) is 1.56. The maximum Gasteiger partial charge on any atom is 0.417 e. The Morgan fingerprint density at radius 2 is 2.06 bits per heavy atom. The van der Waals surface area contributed by atoms with Crippen LogP contribution in [-0.4, -0.2) is 21.3 Å². The third kappa shape index (κ3) is 2.20. The summed E-state index contributed by atoms with van der Waals surface area (Å²) in [6, 6.07) is 2.66. The molecule has 0 saturated heterocycles. The van der Waals surface area contributed by atoms with Crippen LogP contribution in [0, 0.1) is 0 Å². The van der Waals surface area contributed by atoms with Crippen molar-refractivity contribution in [1.29, 1.82) is 0 Å². The van der Waals surface area contributed by atoms with Crippen molar-refractivity contribution < 1.29 is 23.1 Å². The Hall–Kier alpha value is -2.31. The van der Waals surface area contributed by atoms with Gasteiger partial charge in [0.2, 0.25) is 0 Å². The van der Waals surface area contributed by atoms with Crippen molar-refractivity contribution in [2.45, 2.75) is 6.18 Å². The van der Waals surface area contributed by atoms with Gasteiger partial charge in [-0.05, 0) is 23.8 Å². The van der Waals surface area contributed by atoms with Gasteiger partial charge in [0.25, 0.3) is 0 Å². The Labute approximate surface area is 99.1 Å². The lowest BCUT2D eigenvalue weighted by Crippen LogP contribution is -2.08. The topological polar surface area (TPSA) is 66.0 Å². The van der Waals surface area contributed by atoms with Gasteiger partial charge >= 0.3 is 12.1 Å². The summed E-state index contributed by atoms with van der Waals surface area (Å²) in [6.45, 7) is 0. The average Bonchev–Trinajstić information content (AvgIpc) is 2.80. The van der Waals surface area contributed by atoms with Crippen LogP contribution in [0.2, 0.25) is 0 Å². The van der Waals surface area contributed by atoms with Gasteiger partial charge in [0.05, 0.1) is 17.3 Å². The summed E-state index contributed by atoms with van der Waals surface area (Å²) in [4.78, 5) is 10.8. The second kappa shape index (κ2) is 4.17. The molecule has 18 heavy (non-hydrogen) atoms. The van der Waals surface area contributed by atoms with Gasteiger partial charge in [-0.3, -0.25) is 5.10 Å². The van der Waals surface area contributed by atoms with Gasteiger partial charge in [-0.1, -0.05) is 0 Å². The molecule has 2 N–H and O–H groups in total. The number of nitrogens with zero attached hydrogens (tertiary/aromatic N) is 1. The maximum absolute atomic E-state index is 12.8. The largest absolute Gasteiger partial charge is 0.478 e. The number of aromatic carboxylic acids is 1. The summed E-state index contributed by atoms with van der Waals surface area (Å²) >= 11 is 0. The number of carbonyl (C=O) groups is 1. The molecule has 7 heteroatoms. The van der Waals surface area contributed by atoms with Gasteiger partial charge in [0.1, 0.15) is 0 Å². The summed E-state index contributed by atoms with van der Waals surface area (Å²) in [7, 11) is 0. The van der Waals surface area contributed by atoms with E-state index >= 15 is 0 Å². The van der Waals surface area contributed by atoms with E-state index in [-0.39, 0.29) is 16.7 Å². The maximum atomic E-state index is 12.8. The molecule has 0 unspecified atom stereocenters. The molecule has 0 radical (unpaired) electrons. The summed E-state index contributed by atoms with van der Waals surface area (Å²) in [6.07, 6.45) is -2.07. The number of H-pyrrole nitrogens is 1. The molecular formula is C11H7F3N2O2. The number of carboxylic acid groups (broad SMARTS) is 1. The van der Waals surface area contributed by atoms with Crippen LogP contribution in [-0.2, 0) is 6.18 Å². The number of rotatable bonds is 2. The number of aromatic amines is 1. The Morgan fingerprint density at radius 1 is 1.33 bits per heavy atom. The summed E-state index contributed by atoms with van der Waals surface area (Å²) in [5.74, 6) is -1.28. The molecule has 0 aliphatic rings. The number of carboxylic acids is 1. The molecule has 0 aliphatic carbocycles. The van der Waals surface area contributed by atoms with Gasteiger partial charge in [-0.15, -0.1) is 0 Å². The number of benzene rings is 1. The van der Waals surface area contributed by atoms with Crippen LogP contribution in [0.1, 0.15) is 15.9 Å². The van der Waals surface area contributed by atoms with Crippen molar-refractivity contribution in [3.8, 4) is 11.1 Å². The van der Waals surface area contributed by atoms with E-state index in [4.69, 9.17) is 5.11 Å². The second-order valence-corrected chi connectivity index (χ2v) is 3.55. The molecule has 0 amide bonds. The highest BCUT2D eigenvalue weighted by molar-refractivity contribution is 5.90. The molecule has 2 rings (SSSR count). The lowest BCUT2D eigenvalue weighted by Gasteiger charge is -2.12. The number of hydrogen-bond acceptors (Lipinski definition) is 2. The van der Waals surface area contributed by atoms with E-state index in [1.165, 1.54) is 12.4 Å². The van der Waals surface area contributed by atoms with E-state index < -0.39 is 17.7 Å². The van der Waals surface area contributed by atoms with E-state index in [2.05, 4.69) is 10.2 Å². The lowest BCUT2D eigenvalue weighted by molar-refractivity contribution is -0.137. The van der Waals surface area contributed by atoms with Crippen molar-refractivity contribution in [2.24, 2.45) is 0 Å². The first kappa shape index (κ1) is 12.2. The van der Waals surface area contributed by atoms with Gasteiger partial charge in [0, 0.05) is 11.8 Å². The first-order chi connectivity index (χ1) is 8.39. The SMILES string of the molecule is O=C(O)c1ccc(C(F)(F)F)c(-c2cn[nH]c2)c1. The molecule has 2 aromatic rings. The first-order valence-corrected chi connectivity index (χ1v) is 4.83. The minimum Gasteiger partial charge on any atom is -0.478 e. The van der Waals surface area contributed by atoms with Crippen molar-refractivity contribution in [2.75, 3.05) is 0 Å². The zero-order valence-corrected chi connectivity index (χ0v) is 8.82. The van der Waals surface area contributed by atoms with E-state index in [1.54, 1.807) is 0 Å². The molecule has 0 spiro atoms. The number of aromatic nitrogens is 2. The van der Waals surface area contributed by atoms with Crippen LogP contribution in [0.15, 0.2) is 30.6 Å². The van der Waals surface area contributed by atoms with Crippen molar-refractivity contribution >= 4 is 5.97 Å². The van der Waals surface area contributed by atoms with Gasteiger partial charge in [-0.2, -0.15) is 18.3 Å². The molecule has 0 bridgehead atoms. The molecule has 0 aliphatic heterocycles. The van der Waals surface area contributed by atoms with E-state index in [1.807, 2.05) is 0 Å². The lowest BCUT2D eigenvalue weighted by atomic mass is 9.99. The molecule has 0 saturated carbocycles. The Bertz CT molecular complexity index is 576. The second-order valence-electron chi connectivity index (χ2n) is 3.55. The van der Waals surface area contributed by atoms with Crippen LogP contribution < -0.4 is 0 Å². The first-order valence-electron chi connectivity index (χ1n) is 4.83. The predicted octanol–water partition coefficient (Wildman–Crippen LogP) is 2.79. The molecule has 94 valence electrons. The van der Waals surface area contributed by atoms with Crippen molar-refractivity contribution in [3.05, 3.63) is 41.7 Å². The molecule has 0 atom stereocenters. The monoisotopic (exact) mass is 256 g/mol. The molecule has 0 fully saturated rings. The van der Waals surface area contributed by atoms with Gasteiger partial charge in [-0.25, -0.2) is 4.79 Å². The average molecular weight is 256 g/mol. The molecule has 4 nitrogen and oxygen atoms in total. The highest BCUT2D eigenvalue weighted by Gasteiger charge is 2.34. The van der Waals surface area contributed by atoms with E-state index in [0.29, 0.717) is 0 Å². The smallest absolute Gasteiger partial charge is 0.417 e. The highest BCUT2D eigenvalue weighted by Crippen LogP contribution is 2.37. The highest BCUT2D eigenvalue weighted by atomic mass is 19.4. The Balaban J connectivity index is 2.65. The predicted molar refractivity (Wildman–Crippen MR) is 56.0 cm³/mol. The minimum absolute atomic E-state index is 0.186. The molecule has 1 heterocycles. The third-order valence-electron chi connectivity index (χ3n) is 2.38. The third-order valence-corrected chi connectivity index (χ3v) is 2.38. The molecular weight excluding hydrogens is 249 g/mol. The van der Waals surface area contributed by atoms with Gasteiger partial charge in [0.15, 0.2) is 0 Å². The summed E-state index contributed by atoms with van der Waals surface area (Å²) in [5, 5.41) is 14.7. The Kier molecular flexibility index (Phi) is 2.82. The number of halogens is 3. The normalized spacial score (nSPS) is 11.5. The van der Waals surface area contributed by atoms with Crippen molar-refractivity contribution in [1.82, 2.24) is 10.2 Å². The molecule has 1 aromatic heterocycles. The Morgan fingerprint density at radius 3 is 2.56 bits per heavy atom. The number of nitrogens with one attached hydrogen (secondary N) is 1. The van der Waals surface area contributed by atoms with E-state index in [9.17, 15) is 18.0 Å². The molecule has 1 aromatic carbocycles. The van der Waals surface area contributed by atoms with Crippen LogP contribution in [0.3, 0.4) is 0 Å². The standard InChI is InChI=1S/C11H7F3N2O2/c12-11(13,14)9-2-1-6(10(17)18)3-8(9)7-4-15-16-5-7/h1-5H,(H,15,16)(H,17,18). The summed E-state index contributed by atoms with van der Waals surface area (Å²) in [5.41, 5.74) is -1.13. The zero-order chi connectivity index (χ0) is 13.3. The van der Waals surface area contributed by atoms with Crippen LogP contribution >= 0.6 is 0 Å². The fourth-order valence-electron chi connectivity index (χ4n) is 1.56. The van der Waals surface area contributed by atoms with Crippen LogP contribution in [0.5, 0.6) is 0 Å². The quantitative estimate of drug-likeness (QED) is 0.868. The number of hydrogen-bond donors (Lipinski definition) is 2. The summed E-state index contributed by atoms with van der Waals surface area (Å²) < 4.78 is 38.4. The minimum atomic E-state index is -4.55. The van der Waals surface area contributed by atoms with Crippen molar-refractivity contribution in [3.63, 3.8) is 0 Å². The zero-order valence-electron chi connectivity index (χ0n) is 8.82. The fraction of sp³-hybridized carbons (Fsp3) is 0.0909. The number of alkyl halides is 3. The van der Waals surface area contributed by atoms with Gasteiger partial charge < -0.3 is 5.11 Å².